The Morgan fingerprint density at radius 2 is 1.80 bits per heavy atom. The zero-order valence-corrected chi connectivity index (χ0v) is 21.1. The molecule has 0 radical (unpaired) electrons. The largest absolute Gasteiger partial charge is 0.423 e. The summed E-state index contributed by atoms with van der Waals surface area (Å²) in [6, 6.07) is -0.630. The van der Waals surface area contributed by atoms with Gasteiger partial charge in [-0.25, -0.2) is 15.1 Å². The number of carbonyl (C=O) groups excluding carboxylic acids is 1. The van der Waals surface area contributed by atoms with Crippen molar-refractivity contribution in [1.82, 2.24) is 25.1 Å². The van der Waals surface area contributed by atoms with Crippen LogP contribution in [0.15, 0.2) is 23.4 Å². The smallest absolute Gasteiger partial charge is 0.381 e. The number of hydrogen-bond acceptors (Lipinski definition) is 9. The molecule has 11 nitrogen and oxygen atoms in total. The minimum atomic E-state index is -4.90. The number of piperazine rings is 1. The lowest BCUT2D eigenvalue weighted by Gasteiger charge is -2.34. The minimum absolute atomic E-state index is 0.00652. The van der Waals surface area contributed by atoms with Crippen molar-refractivity contribution in [2.45, 2.75) is 31.2 Å². The van der Waals surface area contributed by atoms with Crippen molar-refractivity contribution in [3.05, 3.63) is 40.1 Å². The van der Waals surface area contributed by atoms with Gasteiger partial charge in [-0.3, -0.25) is 9.59 Å². The molecule has 0 bridgehead atoms. The summed E-state index contributed by atoms with van der Waals surface area (Å²) in [5.41, 5.74) is -4.17. The molecule has 1 unspecified atom stereocenters. The molecule has 0 aliphatic carbocycles. The van der Waals surface area contributed by atoms with E-state index in [4.69, 9.17) is 9.47 Å². The first kappa shape index (κ1) is 29.5. The number of amides is 1. The van der Waals surface area contributed by atoms with Crippen LogP contribution in [0.1, 0.15) is 24.0 Å². The third kappa shape index (κ3) is 7.38. The van der Waals surface area contributed by atoms with Crippen LogP contribution in [-0.2, 0) is 26.6 Å². The highest BCUT2D eigenvalue weighted by Crippen LogP contribution is 2.33. The van der Waals surface area contributed by atoms with Gasteiger partial charge in [0.2, 0.25) is 11.9 Å². The number of nitrogens with zero attached hydrogens (tertiary/aromatic N) is 5. The van der Waals surface area contributed by atoms with Crippen molar-refractivity contribution in [2.24, 2.45) is 5.92 Å². The van der Waals surface area contributed by atoms with Crippen LogP contribution in [0.5, 0.6) is 0 Å². The number of anilines is 2. The van der Waals surface area contributed by atoms with Crippen molar-refractivity contribution in [3.63, 3.8) is 0 Å². The number of carbonyl (C=O) groups is 1. The second-order valence-corrected chi connectivity index (χ2v) is 9.32. The molecular formula is C23H27F6N7O4. The maximum Gasteiger partial charge on any atom is 0.423 e. The highest BCUT2D eigenvalue weighted by atomic mass is 19.4. The first-order valence-corrected chi connectivity index (χ1v) is 12.4. The normalized spacial score (nSPS) is 19.1. The molecule has 2 aliphatic heterocycles. The van der Waals surface area contributed by atoms with Crippen LogP contribution in [0.4, 0.5) is 38.0 Å². The van der Waals surface area contributed by atoms with E-state index in [2.05, 4.69) is 20.4 Å². The molecule has 2 fully saturated rings. The van der Waals surface area contributed by atoms with Crippen LogP contribution in [0, 0.1) is 5.92 Å². The van der Waals surface area contributed by atoms with Crippen molar-refractivity contribution in [1.29, 1.82) is 0 Å². The Morgan fingerprint density at radius 3 is 2.40 bits per heavy atom. The molecule has 2 N–H and O–H groups in total. The number of nitrogens with one attached hydrogen (secondary N) is 2. The lowest BCUT2D eigenvalue weighted by Crippen LogP contribution is -2.49. The summed E-state index contributed by atoms with van der Waals surface area (Å²) >= 11 is 0. The maximum absolute atomic E-state index is 13.5. The Kier molecular flexibility index (Phi) is 9.12. The maximum atomic E-state index is 13.5. The van der Waals surface area contributed by atoms with Gasteiger partial charge >= 0.3 is 12.4 Å². The Balaban J connectivity index is 1.26. The van der Waals surface area contributed by atoms with Gasteiger partial charge in [-0.15, -0.1) is 0 Å². The second-order valence-electron chi connectivity index (χ2n) is 9.32. The summed E-state index contributed by atoms with van der Waals surface area (Å²) in [5, 5.41) is 8.00. The lowest BCUT2D eigenvalue weighted by atomic mass is 9.99. The average molecular weight is 580 g/mol. The van der Waals surface area contributed by atoms with Gasteiger partial charge in [-0.1, -0.05) is 0 Å². The molecule has 2 saturated heterocycles. The van der Waals surface area contributed by atoms with E-state index < -0.39 is 40.8 Å². The van der Waals surface area contributed by atoms with E-state index in [1.165, 1.54) is 0 Å². The van der Waals surface area contributed by atoms with Crippen molar-refractivity contribution in [2.75, 3.05) is 62.8 Å². The molecule has 2 aromatic heterocycles. The van der Waals surface area contributed by atoms with Gasteiger partial charge < -0.3 is 24.6 Å². The second kappa shape index (κ2) is 12.4. The molecule has 4 heterocycles. The molecule has 0 saturated carbocycles. The molecule has 17 heteroatoms. The van der Waals surface area contributed by atoms with Crippen molar-refractivity contribution >= 4 is 17.5 Å². The predicted molar refractivity (Wildman–Crippen MR) is 127 cm³/mol. The Morgan fingerprint density at radius 1 is 1.10 bits per heavy atom. The van der Waals surface area contributed by atoms with E-state index in [1.807, 2.05) is 0 Å². The van der Waals surface area contributed by atoms with E-state index in [0.29, 0.717) is 58.2 Å². The number of halogens is 6. The SMILES string of the molecule is O=C(CCOC[C@@H](Nc1cn[nH]c(=O)c1C(F)(F)F)C1CCOC1)N1CCN(c2ncc(C(F)(F)F)cn2)CC1. The fraction of sp³-hybridized carbons (Fsp3) is 0.609. The summed E-state index contributed by atoms with van der Waals surface area (Å²) in [5.74, 6) is -0.251. The lowest BCUT2D eigenvalue weighted by molar-refractivity contribution is -0.139. The van der Waals surface area contributed by atoms with E-state index >= 15 is 0 Å². The van der Waals surface area contributed by atoms with Gasteiger partial charge in [-0.2, -0.15) is 31.4 Å². The number of aromatic amines is 1. The van der Waals surface area contributed by atoms with Crippen LogP contribution in [0.2, 0.25) is 0 Å². The first-order chi connectivity index (χ1) is 18.9. The van der Waals surface area contributed by atoms with Gasteiger partial charge in [-0.05, 0) is 6.42 Å². The van der Waals surface area contributed by atoms with Crippen LogP contribution >= 0.6 is 0 Å². The van der Waals surface area contributed by atoms with Gasteiger partial charge in [0.25, 0.3) is 5.56 Å². The summed E-state index contributed by atoms with van der Waals surface area (Å²) in [6.45, 7) is 1.98. The summed E-state index contributed by atoms with van der Waals surface area (Å²) in [4.78, 5) is 35.3. The van der Waals surface area contributed by atoms with Gasteiger partial charge in [0, 0.05) is 51.1 Å². The van der Waals surface area contributed by atoms with E-state index in [0.717, 1.165) is 6.20 Å². The summed E-state index contributed by atoms with van der Waals surface area (Å²) in [6.07, 6.45) is -6.51. The third-order valence-corrected chi connectivity index (χ3v) is 6.65. The molecular weight excluding hydrogens is 552 g/mol. The molecule has 1 amide bonds. The van der Waals surface area contributed by atoms with E-state index in [9.17, 15) is 35.9 Å². The van der Waals surface area contributed by atoms with E-state index in [1.54, 1.807) is 14.9 Å². The monoisotopic (exact) mass is 579 g/mol. The van der Waals surface area contributed by atoms with Crippen LogP contribution in [-0.4, -0.2) is 89.6 Å². The highest BCUT2D eigenvalue weighted by Gasteiger charge is 2.39. The molecule has 2 atom stereocenters. The topological polar surface area (TPSA) is 126 Å². The minimum Gasteiger partial charge on any atom is -0.381 e. The van der Waals surface area contributed by atoms with Crippen LogP contribution in [0.25, 0.3) is 0 Å². The number of hydrogen-bond donors (Lipinski definition) is 2. The van der Waals surface area contributed by atoms with Crippen LogP contribution in [0.3, 0.4) is 0 Å². The molecule has 2 aromatic rings. The summed E-state index contributed by atoms with van der Waals surface area (Å²) < 4.78 is 89.5. The molecule has 2 aliphatic rings. The number of aromatic nitrogens is 4. The standard InChI is InChI=1S/C23H27F6N7O4/c24-22(25,26)15-9-30-21(31-10-15)36-5-3-35(4-6-36)18(37)2-8-40-13-17(14-1-7-39-12-14)33-16-11-32-34-20(38)19(16)23(27,28)29/h9-11,14,17H,1-8,12-13H2,(H2,33,34,38)/t14?,17-/m1/s1. The highest BCUT2D eigenvalue weighted by molar-refractivity contribution is 5.76. The number of ether oxygens (including phenoxy) is 2. The fourth-order valence-corrected chi connectivity index (χ4v) is 4.47. The number of H-pyrrole nitrogens is 1. The quantitative estimate of drug-likeness (QED) is 0.340. The van der Waals surface area contributed by atoms with Crippen molar-refractivity contribution in [3.8, 4) is 0 Å². The molecule has 4 rings (SSSR count). The Hall–Kier alpha value is -3.47. The Bertz CT molecular complexity index is 1190. The molecule has 220 valence electrons. The first-order valence-electron chi connectivity index (χ1n) is 12.4. The molecule has 0 spiro atoms. The van der Waals surface area contributed by atoms with Gasteiger partial charge in [0.15, 0.2) is 0 Å². The van der Waals surface area contributed by atoms with E-state index in [-0.39, 0.29) is 37.4 Å². The summed E-state index contributed by atoms with van der Waals surface area (Å²) in [7, 11) is 0. The van der Waals surface area contributed by atoms with Crippen LogP contribution < -0.4 is 15.8 Å². The van der Waals surface area contributed by atoms with Gasteiger partial charge in [0.1, 0.15) is 5.56 Å². The zero-order valence-electron chi connectivity index (χ0n) is 21.1. The number of rotatable bonds is 9. The fourth-order valence-electron chi connectivity index (χ4n) is 4.47. The average Bonchev–Trinajstić information content (AvgIpc) is 3.44. The van der Waals surface area contributed by atoms with Crippen molar-refractivity contribution < 1.29 is 40.6 Å². The zero-order chi connectivity index (χ0) is 28.9. The Labute approximate surface area is 223 Å². The third-order valence-electron chi connectivity index (χ3n) is 6.65. The number of alkyl halides is 6. The molecule has 0 aromatic carbocycles. The molecule has 40 heavy (non-hydrogen) atoms. The predicted octanol–water partition coefficient (Wildman–Crippen LogP) is 2.17. The van der Waals surface area contributed by atoms with Gasteiger partial charge in [0.05, 0.1) is 49.7 Å².